The smallest absolute Gasteiger partial charge is 0.239 e. The molecular weight excluding hydrogens is 276 g/mol. The van der Waals surface area contributed by atoms with Crippen LogP contribution in [-0.2, 0) is 11.3 Å². The predicted octanol–water partition coefficient (Wildman–Crippen LogP) is 2.15. The van der Waals surface area contributed by atoms with Crippen molar-refractivity contribution in [1.82, 2.24) is 14.9 Å². The monoisotopic (exact) mass is 292 g/mol. The third kappa shape index (κ3) is 4.59. The Labute approximate surface area is 123 Å². The SMILES string of the molecule is O=C(CNc1ccccc1Cl)NCCCn1ccnc1. The van der Waals surface area contributed by atoms with Gasteiger partial charge in [0, 0.05) is 25.5 Å². The number of hydrogen-bond donors (Lipinski definition) is 2. The summed E-state index contributed by atoms with van der Waals surface area (Å²) in [6.07, 6.45) is 6.28. The molecule has 6 heteroatoms. The number of nitrogens with zero attached hydrogens (tertiary/aromatic N) is 2. The lowest BCUT2D eigenvalue weighted by Crippen LogP contribution is -2.31. The molecule has 1 aromatic heterocycles. The quantitative estimate of drug-likeness (QED) is 0.769. The van der Waals surface area contributed by atoms with Crippen molar-refractivity contribution in [1.29, 1.82) is 0 Å². The molecule has 0 saturated heterocycles. The van der Waals surface area contributed by atoms with E-state index in [1.807, 2.05) is 29.0 Å². The van der Waals surface area contributed by atoms with Crippen molar-refractivity contribution < 1.29 is 4.79 Å². The van der Waals surface area contributed by atoms with E-state index in [0.29, 0.717) is 11.6 Å². The van der Waals surface area contributed by atoms with Crippen LogP contribution in [0.3, 0.4) is 0 Å². The van der Waals surface area contributed by atoms with Crippen molar-refractivity contribution in [2.24, 2.45) is 0 Å². The van der Waals surface area contributed by atoms with Crippen LogP contribution in [0.4, 0.5) is 5.69 Å². The van der Waals surface area contributed by atoms with Gasteiger partial charge >= 0.3 is 0 Å². The van der Waals surface area contributed by atoms with E-state index in [0.717, 1.165) is 18.7 Å². The van der Waals surface area contributed by atoms with Crippen LogP contribution < -0.4 is 10.6 Å². The number of aromatic nitrogens is 2. The minimum Gasteiger partial charge on any atom is -0.375 e. The normalized spacial score (nSPS) is 10.2. The summed E-state index contributed by atoms with van der Waals surface area (Å²) in [5.41, 5.74) is 0.766. The molecule has 0 radical (unpaired) electrons. The zero-order valence-electron chi connectivity index (χ0n) is 11.1. The van der Waals surface area contributed by atoms with Gasteiger partial charge in [-0.25, -0.2) is 4.98 Å². The first-order chi connectivity index (χ1) is 9.75. The van der Waals surface area contributed by atoms with Crippen molar-refractivity contribution in [3.8, 4) is 0 Å². The summed E-state index contributed by atoms with van der Waals surface area (Å²) in [6.45, 7) is 1.70. The summed E-state index contributed by atoms with van der Waals surface area (Å²) < 4.78 is 1.98. The molecule has 0 saturated carbocycles. The standard InChI is InChI=1S/C14H17ClN4O/c15-12-4-1-2-5-13(12)18-10-14(20)17-6-3-8-19-9-7-16-11-19/h1-2,4-5,7,9,11,18H,3,6,8,10H2,(H,17,20). The molecular formula is C14H17ClN4O. The highest BCUT2D eigenvalue weighted by Gasteiger charge is 2.02. The van der Waals surface area contributed by atoms with Gasteiger partial charge in [0.05, 0.1) is 23.6 Å². The van der Waals surface area contributed by atoms with E-state index in [1.165, 1.54) is 0 Å². The van der Waals surface area contributed by atoms with Crippen LogP contribution in [0.5, 0.6) is 0 Å². The summed E-state index contributed by atoms with van der Waals surface area (Å²) in [4.78, 5) is 15.6. The molecule has 0 bridgehead atoms. The number of nitrogens with one attached hydrogen (secondary N) is 2. The summed E-state index contributed by atoms with van der Waals surface area (Å²) >= 11 is 5.99. The minimum atomic E-state index is -0.0458. The molecule has 5 nitrogen and oxygen atoms in total. The number of amides is 1. The van der Waals surface area contributed by atoms with Gasteiger partial charge in [0.2, 0.25) is 5.91 Å². The molecule has 1 aromatic carbocycles. The summed E-state index contributed by atoms with van der Waals surface area (Å²) in [5.74, 6) is -0.0458. The largest absolute Gasteiger partial charge is 0.375 e. The summed E-state index contributed by atoms with van der Waals surface area (Å²) in [6, 6.07) is 7.35. The first kappa shape index (κ1) is 14.4. The van der Waals surface area contributed by atoms with Gasteiger partial charge in [-0.3, -0.25) is 4.79 Å². The second-order valence-corrected chi connectivity index (χ2v) is 4.74. The number of rotatable bonds is 7. The number of anilines is 1. The Morgan fingerprint density at radius 3 is 2.95 bits per heavy atom. The fraction of sp³-hybridized carbons (Fsp3) is 0.286. The van der Waals surface area contributed by atoms with Crippen LogP contribution in [0.25, 0.3) is 0 Å². The lowest BCUT2D eigenvalue weighted by molar-refractivity contribution is -0.119. The molecule has 20 heavy (non-hydrogen) atoms. The van der Waals surface area contributed by atoms with E-state index in [9.17, 15) is 4.79 Å². The first-order valence-corrected chi connectivity index (χ1v) is 6.84. The Morgan fingerprint density at radius 1 is 1.35 bits per heavy atom. The molecule has 1 amide bonds. The van der Waals surface area contributed by atoms with E-state index in [4.69, 9.17) is 11.6 Å². The molecule has 2 rings (SSSR count). The first-order valence-electron chi connectivity index (χ1n) is 6.46. The Balaban J connectivity index is 1.62. The van der Waals surface area contributed by atoms with Gasteiger partial charge < -0.3 is 15.2 Å². The fourth-order valence-corrected chi connectivity index (χ4v) is 1.95. The number of para-hydroxylation sites is 1. The highest BCUT2D eigenvalue weighted by molar-refractivity contribution is 6.33. The van der Waals surface area contributed by atoms with Crippen LogP contribution >= 0.6 is 11.6 Å². The second-order valence-electron chi connectivity index (χ2n) is 4.34. The van der Waals surface area contributed by atoms with Gasteiger partial charge in [-0.15, -0.1) is 0 Å². The molecule has 0 unspecified atom stereocenters. The van der Waals surface area contributed by atoms with Gasteiger partial charge in [-0.1, -0.05) is 23.7 Å². The maximum Gasteiger partial charge on any atom is 0.239 e. The third-order valence-corrected chi connectivity index (χ3v) is 3.12. The molecule has 1 heterocycles. The van der Waals surface area contributed by atoms with Crippen molar-refractivity contribution in [3.63, 3.8) is 0 Å². The van der Waals surface area contributed by atoms with Crippen LogP contribution in [0.15, 0.2) is 43.0 Å². The van der Waals surface area contributed by atoms with Gasteiger partial charge in [-0.2, -0.15) is 0 Å². The van der Waals surface area contributed by atoms with Crippen molar-refractivity contribution in [2.45, 2.75) is 13.0 Å². The van der Waals surface area contributed by atoms with Gasteiger partial charge in [0.25, 0.3) is 0 Å². The van der Waals surface area contributed by atoms with Crippen LogP contribution in [0.1, 0.15) is 6.42 Å². The number of carbonyl (C=O) groups is 1. The lowest BCUT2D eigenvalue weighted by Gasteiger charge is -2.09. The Morgan fingerprint density at radius 2 is 2.20 bits per heavy atom. The fourth-order valence-electron chi connectivity index (χ4n) is 1.75. The van der Waals surface area contributed by atoms with Crippen molar-refractivity contribution in [3.05, 3.63) is 48.0 Å². The van der Waals surface area contributed by atoms with Gasteiger partial charge in [0.15, 0.2) is 0 Å². The van der Waals surface area contributed by atoms with E-state index in [2.05, 4.69) is 15.6 Å². The topological polar surface area (TPSA) is 59.0 Å². The Hall–Kier alpha value is -2.01. The van der Waals surface area contributed by atoms with Crippen LogP contribution in [0.2, 0.25) is 5.02 Å². The van der Waals surface area contributed by atoms with Crippen LogP contribution in [0, 0.1) is 0 Å². The maximum absolute atomic E-state index is 11.7. The Kier molecular flexibility index (Phi) is 5.43. The number of halogens is 1. The molecule has 0 aliphatic heterocycles. The molecule has 0 spiro atoms. The molecule has 106 valence electrons. The predicted molar refractivity (Wildman–Crippen MR) is 79.8 cm³/mol. The van der Waals surface area contributed by atoms with E-state index in [1.54, 1.807) is 18.6 Å². The van der Waals surface area contributed by atoms with Crippen molar-refractivity contribution >= 4 is 23.2 Å². The molecule has 2 aromatic rings. The molecule has 0 atom stereocenters. The molecule has 0 fully saturated rings. The van der Waals surface area contributed by atoms with Gasteiger partial charge in [-0.05, 0) is 18.6 Å². The van der Waals surface area contributed by atoms with Crippen molar-refractivity contribution in [2.75, 3.05) is 18.4 Å². The molecule has 2 N–H and O–H groups in total. The zero-order chi connectivity index (χ0) is 14.2. The Bertz CT molecular complexity index is 542. The average molecular weight is 293 g/mol. The minimum absolute atomic E-state index is 0.0458. The highest BCUT2D eigenvalue weighted by atomic mass is 35.5. The summed E-state index contributed by atoms with van der Waals surface area (Å²) in [5, 5.41) is 6.48. The third-order valence-electron chi connectivity index (χ3n) is 2.79. The lowest BCUT2D eigenvalue weighted by atomic mass is 10.3. The second kappa shape index (κ2) is 7.55. The molecule has 0 aliphatic carbocycles. The number of imidazole rings is 1. The van der Waals surface area contributed by atoms with E-state index < -0.39 is 0 Å². The van der Waals surface area contributed by atoms with E-state index in [-0.39, 0.29) is 12.5 Å². The van der Waals surface area contributed by atoms with Gasteiger partial charge in [0.1, 0.15) is 0 Å². The number of hydrogen-bond acceptors (Lipinski definition) is 3. The van der Waals surface area contributed by atoms with Crippen LogP contribution in [-0.4, -0.2) is 28.5 Å². The molecule has 0 aliphatic rings. The van der Waals surface area contributed by atoms with E-state index >= 15 is 0 Å². The number of aryl methyl sites for hydroxylation is 1. The number of carbonyl (C=O) groups excluding carboxylic acids is 1. The summed E-state index contributed by atoms with van der Waals surface area (Å²) in [7, 11) is 0. The number of benzene rings is 1. The zero-order valence-corrected chi connectivity index (χ0v) is 11.8. The highest BCUT2D eigenvalue weighted by Crippen LogP contribution is 2.19. The maximum atomic E-state index is 11.7. The average Bonchev–Trinajstić information content (AvgIpc) is 2.96.